The first-order valence-corrected chi connectivity index (χ1v) is 10.9. The molecule has 29 heavy (non-hydrogen) atoms. The van der Waals surface area contributed by atoms with Crippen molar-refractivity contribution in [3.8, 4) is 11.8 Å². The number of pyridine rings is 1. The summed E-state index contributed by atoms with van der Waals surface area (Å²) in [6.45, 7) is 3.54. The van der Waals surface area contributed by atoms with E-state index in [9.17, 15) is 22.7 Å². The molecule has 0 saturated carbocycles. The van der Waals surface area contributed by atoms with Crippen molar-refractivity contribution in [1.82, 2.24) is 4.98 Å². The maximum Gasteiger partial charge on any atom is 0.331 e. The molecule has 0 fully saturated rings. The Hall–Kier alpha value is -2.72. The van der Waals surface area contributed by atoms with Gasteiger partial charge in [0.15, 0.2) is 9.84 Å². The number of hydrogen-bond donors (Lipinski definition) is 1. The fourth-order valence-electron chi connectivity index (χ4n) is 3.23. The molecule has 1 aromatic heterocycles. The molecule has 2 atom stereocenters. The molecule has 1 aromatic carbocycles. The van der Waals surface area contributed by atoms with Crippen LogP contribution >= 0.6 is 0 Å². The van der Waals surface area contributed by atoms with Gasteiger partial charge in [-0.3, -0.25) is 9.78 Å². The summed E-state index contributed by atoms with van der Waals surface area (Å²) in [4.78, 5) is 16.2. The van der Waals surface area contributed by atoms with Crippen LogP contribution in [0.1, 0.15) is 45.1 Å². The smallest absolute Gasteiger partial charge is 0.331 e. The molecule has 2 rings (SSSR count). The van der Waals surface area contributed by atoms with Crippen molar-refractivity contribution in [2.75, 3.05) is 0 Å². The predicted octanol–water partition coefficient (Wildman–Crippen LogP) is 4.19. The summed E-state index contributed by atoms with van der Waals surface area (Å²) in [6.07, 6.45) is 6.08. The van der Waals surface area contributed by atoms with Crippen molar-refractivity contribution in [2.45, 2.75) is 49.2 Å². The van der Waals surface area contributed by atoms with Crippen molar-refractivity contribution in [2.24, 2.45) is 5.92 Å². The highest BCUT2D eigenvalue weighted by molar-refractivity contribution is 7.93. The van der Waals surface area contributed by atoms with Gasteiger partial charge < -0.3 is 5.11 Å². The minimum atomic E-state index is -4.49. The van der Waals surface area contributed by atoms with Gasteiger partial charge in [0.25, 0.3) is 0 Å². The van der Waals surface area contributed by atoms with Crippen molar-refractivity contribution < 1.29 is 22.7 Å². The summed E-state index contributed by atoms with van der Waals surface area (Å²) in [5.74, 6) is 2.53. The van der Waals surface area contributed by atoms with Crippen LogP contribution < -0.4 is 0 Å². The number of rotatable bonds is 8. The largest absolute Gasteiger partial charge is 0.480 e. The lowest BCUT2D eigenvalue weighted by atomic mass is 9.87. The van der Waals surface area contributed by atoms with E-state index >= 15 is 0 Å². The molecule has 2 aromatic rings. The zero-order valence-electron chi connectivity index (χ0n) is 16.4. The topological polar surface area (TPSA) is 84.3 Å². The van der Waals surface area contributed by atoms with Crippen LogP contribution in [0.3, 0.4) is 0 Å². The van der Waals surface area contributed by atoms with E-state index in [0.29, 0.717) is 6.42 Å². The molecule has 0 aliphatic carbocycles. The van der Waals surface area contributed by atoms with E-state index in [-0.39, 0.29) is 10.5 Å². The molecule has 0 spiro atoms. The number of aromatic nitrogens is 1. The van der Waals surface area contributed by atoms with Gasteiger partial charge in [0, 0.05) is 24.4 Å². The second-order valence-corrected chi connectivity index (χ2v) is 8.86. The lowest BCUT2D eigenvalue weighted by Crippen LogP contribution is -2.48. The molecule has 2 unspecified atom stereocenters. The van der Waals surface area contributed by atoms with E-state index in [4.69, 9.17) is 0 Å². The molecule has 0 aliphatic heterocycles. The highest BCUT2D eigenvalue weighted by Crippen LogP contribution is 2.42. The first-order valence-electron chi connectivity index (χ1n) is 9.41. The van der Waals surface area contributed by atoms with E-state index in [1.165, 1.54) is 31.5 Å². The number of hydrogen-bond acceptors (Lipinski definition) is 4. The highest BCUT2D eigenvalue weighted by atomic mass is 32.2. The third kappa shape index (κ3) is 4.48. The van der Waals surface area contributed by atoms with Crippen LogP contribution in [-0.4, -0.2) is 24.5 Å². The first kappa shape index (κ1) is 22.6. The highest BCUT2D eigenvalue weighted by Gasteiger charge is 2.57. The SMILES string of the molecule is CCCCCC#CC(C)C(C(=O)O)(c1cccnc1)S(=O)(=O)c1ccc(F)cc1. The molecule has 0 radical (unpaired) electrons. The van der Waals surface area contributed by atoms with Gasteiger partial charge in [-0.05, 0) is 43.7 Å². The molecule has 1 N–H and O–H groups in total. The summed E-state index contributed by atoms with van der Waals surface area (Å²) in [6, 6.07) is 7.01. The fourth-order valence-corrected chi connectivity index (χ4v) is 5.29. The monoisotopic (exact) mass is 417 g/mol. The van der Waals surface area contributed by atoms with E-state index in [1.807, 2.05) is 0 Å². The van der Waals surface area contributed by atoms with Crippen molar-refractivity contribution in [3.63, 3.8) is 0 Å². The number of aliphatic carboxylic acids is 1. The van der Waals surface area contributed by atoms with Crippen LogP contribution in [0.5, 0.6) is 0 Å². The van der Waals surface area contributed by atoms with Gasteiger partial charge >= 0.3 is 5.97 Å². The summed E-state index contributed by atoms with van der Waals surface area (Å²) < 4.78 is 38.1. The van der Waals surface area contributed by atoms with E-state index in [1.54, 1.807) is 0 Å². The Balaban J connectivity index is 2.67. The Bertz CT molecular complexity index is 995. The van der Waals surface area contributed by atoms with E-state index < -0.39 is 32.3 Å². The molecular formula is C22H24FNO4S. The third-order valence-corrected chi connectivity index (χ3v) is 7.29. The van der Waals surface area contributed by atoms with Gasteiger partial charge in [0.1, 0.15) is 5.82 Å². The Morgan fingerprint density at radius 3 is 2.48 bits per heavy atom. The normalized spacial score (nSPS) is 14.3. The second kappa shape index (κ2) is 9.66. The molecule has 0 aliphatic rings. The Morgan fingerprint density at radius 1 is 1.24 bits per heavy atom. The maximum absolute atomic E-state index is 13.6. The number of carbonyl (C=O) groups is 1. The van der Waals surface area contributed by atoms with Gasteiger partial charge in [-0.2, -0.15) is 0 Å². The van der Waals surface area contributed by atoms with Crippen molar-refractivity contribution in [1.29, 1.82) is 0 Å². The zero-order valence-corrected chi connectivity index (χ0v) is 17.2. The first-order chi connectivity index (χ1) is 13.8. The number of carboxylic acid groups (broad SMARTS) is 1. The van der Waals surface area contributed by atoms with Gasteiger partial charge in [0.05, 0.1) is 10.8 Å². The number of unbranched alkanes of at least 4 members (excludes halogenated alkanes) is 3. The van der Waals surface area contributed by atoms with Crippen LogP contribution in [0, 0.1) is 23.6 Å². The quantitative estimate of drug-likeness (QED) is 0.395. The summed E-state index contributed by atoms with van der Waals surface area (Å²) in [5, 5.41) is 10.2. The molecular weight excluding hydrogens is 393 g/mol. The van der Waals surface area contributed by atoms with Gasteiger partial charge in [0.2, 0.25) is 4.75 Å². The standard InChI is InChI=1S/C22H24FNO4S/c1-3-4-5-6-7-9-17(2)22(21(25)26,18-10-8-15-24-16-18)29(27,28)20-13-11-19(23)12-14-20/h8,10-17H,3-6H2,1-2H3,(H,25,26). The summed E-state index contributed by atoms with van der Waals surface area (Å²) in [5.41, 5.74) is 0.00665. The average molecular weight is 418 g/mol. The van der Waals surface area contributed by atoms with Gasteiger partial charge in [-0.1, -0.05) is 31.8 Å². The van der Waals surface area contributed by atoms with Crippen molar-refractivity contribution in [3.05, 3.63) is 60.2 Å². The Morgan fingerprint density at radius 2 is 1.93 bits per heavy atom. The molecule has 7 heteroatoms. The van der Waals surface area contributed by atoms with Crippen LogP contribution in [0.4, 0.5) is 4.39 Å². The maximum atomic E-state index is 13.6. The molecule has 1 heterocycles. The van der Waals surface area contributed by atoms with Crippen LogP contribution in [-0.2, 0) is 19.4 Å². The molecule has 0 amide bonds. The Labute approximate surface area is 170 Å². The number of halogens is 1. The molecule has 0 saturated heterocycles. The van der Waals surface area contributed by atoms with Crippen LogP contribution in [0.2, 0.25) is 0 Å². The number of benzene rings is 1. The fraction of sp³-hybridized carbons (Fsp3) is 0.364. The molecule has 5 nitrogen and oxygen atoms in total. The molecule has 0 bridgehead atoms. The lowest BCUT2D eigenvalue weighted by Gasteiger charge is -2.32. The van der Waals surface area contributed by atoms with E-state index in [0.717, 1.165) is 43.5 Å². The van der Waals surface area contributed by atoms with Crippen LogP contribution in [0.15, 0.2) is 53.7 Å². The zero-order chi connectivity index (χ0) is 21.5. The third-order valence-electron chi connectivity index (χ3n) is 4.79. The van der Waals surface area contributed by atoms with Crippen molar-refractivity contribution >= 4 is 15.8 Å². The number of sulfone groups is 1. The second-order valence-electron chi connectivity index (χ2n) is 6.74. The number of carboxylic acids is 1. The minimum absolute atomic E-state index is 0.00665. The average Bonchev–Trinajstić information content (AvgIpc) is 2.69. The molecule has 154 valence electrons. The summed E-state index contributed by atoms with van der Waals surface area (Å²) in [7, 11) is -4.49. The van der Waals surface area contributed by atoms with Gasteiger partial charge in [-0.15, -0.1) is 5.92 Å². The van der Waals surface area contributed by atoms with Gasteiger partial charge in [-0.25, -0.2) is 12.8 Å². The number of nitrogens with zero attached hydrogens (tertiary/aromatic N) is 1. The lowest BCUT2D eigenvalue weighted by molar-refractivity contribution is -0.141. The minimum Gasteiger partial charge on any atom is -0.480 e. The Kier molecular flexibility index (Phi) is 7.52. The van der Waals surface area contributed by atoms with Crippen LogP contribution in [0.25, 0.3) is 0 Å². The summed E-state index contributed by atoms with van der Waals surface area (Å²) >= 11 is 0. The van der Waals surface area contributed by atoms with E-state index in [2.05, 4.69) is 23.7 Å². The predicted molar refractivity (Wildman–Crippen MR) is 108 cm³/mol.